The summed E-state index contributed by atoms with van der Waals surface area (Å²) in [5.74, 6) is -0.771. The van der Waals surface area contributed by atoms with Gasteiger partial charge < -0.3 is 19.3 Å². The standard InChI is InChI=1S/C17H26O5/c1-16(2)8-7-12(18)17-9-22-14(19)13(17)10(5-6-11(16)17)15(20-3)21-4/h5-6,10-13,15,18H,7-9H2,1-4H3/t10-,11-,12-,13+,17+/m0/s1. The van der Waals surface area contributed by atoms with Crippen LogP contribution in [0.4, 0.5) is 0 Å². The van der Waals surface area contributed by atoms with Gasteiger partial charge in [-0.05, 0) is 24.2 Å². The van der Waals surface area contributed by atoms with Gasteiger partial charge in [-0.15, -0.1) is 0 Å². The van der Waals surface area contributed by atoms with E-state index in [1.807, 2.05) is 6.08 Å². The van der Waals surface area contributed by atoms with Gasteiger partial charge in [-0.1, -0.05) is 26.0 Å². The van der Waals surface area contributed by atoms with Crippen LogP contribution in [0.15, 0.2) is 12.2 Å². The van der Waals surface area contributed by atoms with Crippen molar-refractivity contribution in [1.82, 2.24) is 0 Å². The second-order valence-electron chi connectivity index (χ2n) is 7.52. The highest BCUT2D eigenvalue weighted by molar-refractivity contribution is 5.77. The summed E-state index contributed by atoms with van der Waals surface area (Å²) in [5, 5.41) is 10.8. The van der Waals surface area contributed by atoms with Gasteiger partial charge >= 0.3 is 5.97 Å². The predicted molar refractivity (Wildman–Crippen MR) is 79.8 cm³/mol. The van der Waals surface area contributed by atoms with Crippen LogP contribution in [0.5, 0.6) is 0 Å². The Morgan fingerprint density at radius 3 is 2.64 bits per heavy atom. The molecule has 124 valence electrons. The zero-order valence-electron chi connectivity index (χ0n) is 13.7. The predicted octanol–water partition coefficient (Wildman–Crippen LogP) is 1.75. The lowest BCUT2D eigenvalue weighted by Crippen LogP contribution is -2.59. The van der Waals surface area contributed by atoms with Crippen molar-refractivity contribution < 1.29 is 24.1 Å². The van der Waals surface area contributed by atoms with Crippen molar-refractivity contribution in [2.24, 2.45) is 28.6 Å². The molecule has 0 aromatic rings. The number of cyclic esters (lactones) is 1. The number of hydrogen-bond acceptors (Lipinski definition) is 5. The summed E-state index contributed by atoms with van der Waals surface area (Å²) in [5.41, 5.74) is -0.532. The van der Waals surface area contributed by atoms with Gasteiger partial charge in [0.25, 0.3) is 0 Å². The summed E-state index contributed by atoms with van der Waals surface area (Å²) in [6.07, 6.45) is 4.76. The molecule has 0 unspecified atom stereocenters. The molecule has 1 N–H and O–H groups in total. The molecular weight excluding hydrogens is 284 g/mol. The molecular formula is C17H26O5. The summed E-state index contributed by atoms with van der Waals surface area (Å²) in [6.45, 7) is 4.70. The van der Waals surface area contributed by atoms with Gasteiger partial charge in [-0.25, -0.2) is 0 Å². The number of allylic oxidation sites excluding steroid dienone is 1. The second kappa shape index (κ2) is 5.32. The van der Waals surface area contributed by atoms with Gasteiger partial charge in [0.2, 0.25) is 0 Å². The van der Waals surface area contributed by atoms with Crippen LogP contribution in [0.3, 0.4) is 0 Å². The third-order valence-corrected chi connectivity index (χ3v) is 6.09. The third kappa shape index (κ3) is 1.99. The third-order valence-electron chi connectivity index (χ3n) is 6.09. The Hall–Kier alpha value is -0.910. The Bertz CT molecular complexity index is 481. The maximum atomic E-state index is 12.5. The van der Waals surface area contributed by atoms with E-state index in [1.165, 1.54) is 0 Å². The minimum atomic E-state index is -0.562. The van der Waals surface area contributed by atoms with E-state index in [0.717, 1.165) is 6.42 Å². The molecule has 5 heteroatoms. The van der Waals surface area contributed by atoms with E-state index >= 15 is 0 Å². The lowest BCUT2D eigenvalue weighted by molar-refractivity contribution is -0.181. The van der Waals surface area contributed by atoms with Crippen LogP contribution in [-0.2, 0) is 19.0 Å². The Morgan fingerprint density at radius 2 is 2.00 bits per heavy atom. The van der Waals surface area contributed by atoms with Crippen molar-refractivity contribution >= 4 is 5.97 Å². The Morgan fingerprint density at radius 1 is 1.32 bits per heavy atom. The molecule has 1 saturated heterocycles. The van der Waals surface area contributed by atoms with E-state index in [9.17, 15) is 9.90 Å². The molecule has 3 aliphatic rings. The second-order valence-corrected chi connectivity index (χ2v) is 7.52. The molecule has 0 radical (unpaired) electrons. The first-order valence-corrected chi connectivity index (χ1v) is 7.97. The molecule has 5 atom stereocenters. The van der Waals surface area contributed by atoms with E-state index in [4.69, 9.17) is 14.2 Å². The fraction of sp³-hybridized carbons (Fsp3) is 0.824. The SMILES string of the molecule is COC(OC)[C@H]1C=C[C@H]2C(C)(C)CC[C@H](O)[C@@]23COC(=O)[C@@H]13. The highest BCUT2D eigenvalue weighted by Gasteiger charge is 2.67. The van der Waals surface area contributed by atoms with Crippen LogP contribution in [0, 0.1) is 28.6 Å². The Balaban J connectivity index is 2.10. The van der Waals surface area contributed by atoms with Crippen LogP contribution in [-0.4, -0.2) is 44.3 Å². The lowest BCUT2D eigenvalue weighted by Gasteiger charge is -2.56. The highest BCUT2D eigenvalue weighted by Crippen LogP contribution is 2.62. The number of carbonyl (C=O) groups is 1. The van der Waals surface area contributed by atoms with E-state index in [0.29, 0.717) is 6.42 Å². The minimum absolute atomic E-state index is 0.0303. The van der Waals surface area contributed by atoms with Gasteiger partial charge in [0.1, 0.15) is 6.61 Å². The Labute approximate surface area is 131 Å². The number of ether oxygens (including phenoxy) is 3. The van der Waals surface area contributed by atoms with Gasteiger partial charge in [-0.3, -0.25) is 4.79 Å². The fourth-order valence-corrected chi connectivity index (χ4v) is 5.01. The van der Waals surface area contributed by atoms with Crippen LogP contribution in [0.25, 0.3) is 0 Å². The van der Waals surface area contributed by atoms with E-state index in [1.54, 1.807) is 14.2 Å². The maximum absolute atomic E-state index is 12.5. The molecule has 1 spiro atoms. The molecule has 22 heavy (non-hydrogen) atoms. The number of methoxy groups -OCH3 is 2. The lowest BCUT2D eigenvalue weighted by atomic mass is 9.47. The minimum Gasteiger partial charge on any atom is -0.465 e. The number of hydrogen-bond donors (Lipinski definition) is 1. The van der Waals surface area contributed by atoms with Gasteiger partial charge in [-0.2, -0.15) is 0 Å². The molecule has 0 aromatic heterocycles. The zero-order valence-corrected chi connectivity index (χ0v) is 13.7. The van der Waals surface area contributed by atoms with Gasteiger partial charge in [0.05, 0.1) is 17.4 Å². The topological polar surface area (TPSA) is 65.0 Å². The average molecular weight is 310 g/mol. The molecule has 0 bridgehead atoms. The summed E-state index contributed by atoms with van der Waals surface area (Å²) in [6, 6.07) is 0. The Kier molecular flexibility index (Phi) is 3.86. The summed E-state index contributed by atoms with van der Waals surface area (Å²) in [7, 11) is 3.14. The van der Waals surface area contributed by atoms with E-state index in [-0.39, 0.29) is 29.8 Å². The monoisotopic (exact) mass is 310 g/mol. The van der Waals surface area contributed by atoms with Crippen LogP contribution in [0.1, 0.15) is 26.7 Å². The first-order chi connectivity index (χ1) is 10.4. The highest BCUT2D eigenvalue weighted by atomic mass is 16.7. The number of carbonyl (C=O) groups excluding carboxylic acids is 1. The normalized spacial score (nSPS) is 42.9. The molecule has 1 heterocycles. The number of esters is 1. The number of aliphatic hydroxyl groups is 1. The van der Waals surface area contributed by atoms with Crippen LogP contribution in [0.2, 0.25) is 0 Å². The molecule has 1 aliphatic heterocycles. The first kappa shape index (κ1) is 16.0. The molecule has 0 amide bonds. The smallest absolute Gasteiger partial charge is 0.310 e. The maximum Gasteiger partial charge on any atom is 0.310 e. The quantitative estimate of drug-likeness (QED) is 0.489. The van der Waals surface area contributed by atoms with Crippen molar-refractivity contribution in [2.45, 2.75) is 39.1 Å². The van der Waals surface area contributed by atoms with Crippen LogP contribution < -0.4 is 0 Å². The molecule has 2 aliphatic carbocycles. The summed E-state index contributed by atoms with van der Waals surface area (Å²) < 4.78 is 16.2. The van der Waals surface area contributed by atoms with Crippen molar-refractivity contribution in [2.75, 3.05) is 20.8 Å². The zero-order chi connectivity index (χ0) is 16.1. The van der Waals surface area contributed by atoms with Crippen molar-refractivity contribution in [3.05, 3.63) is 12.2 Å². The summed E-state index contributed by atoms with van der Waals surface area (Å²) >= 11 is 0. The molecule has 0 aromatic carbocycles. The number of aliphatic hydroxyl groups excluding tert-OH is 1. The van der Waals surface area contributed by atoms with Crippen molar-refractivity contribution in [1.29, 1.82) is 0 Å². The van der Waals surface area contributed by atoms with E-state index in [2.05, 4.69) is 19.9 Å². The van der Waals surface area contributed by atoms with Gasteiger partial charge in [0.15, 0.2) is 6.29 Å². The van der Waals surface area contributed by atoms with Crippen molar-refractivity contribution in [3.8, 4) is 0 Å². The fourth-order valence-electron chi connectivity index (χ4n) is 5.01. The molecule has 1 saturated carbocycles. The van der Waals surface area contributed by atoms with Crippen LogP contribution >= 0.6 is 0 Å². The molecule has 2 fully saturated rings. The largest absolute Gasteiger partial charge is 0.465 e. The molecule has 3 rings (SSSR count). The number of rotatable bonds is 3. The average Bonchev–Trinajstić information content (AvgIpc) is 2.84. The summed E-state index contributed by atoms with van der Waals surface area (Å²) in [4.78, 5) is 12.5. The van der Waals surface area contributed by atoms with E-state index < -0.39 is 23.7 Å². The van der Waals surface area contributed by atoms with Gasteiger partial charge in [0, 0.05) is 20.1 Å². The first-order valence-electron chi connectivity index (χ1n) is 7.97. The molecule has 5 nitrogen and oxygen atoms in total. The van der Waals surface area contributed by atoms with Crippen molar-refractivity contribution in [3.63, 3.8) is 0 Å².